The maximum Gasteiger partial charge on any atom is 0.333 e. The van der Waals surface area contributed by atoms with Crippen LogP contribution >= 0.6 is 11.3 Å². The van der Waals surface area contributed by atoms with Crippen molar-refractivity contribution in [1.29, 1.82) is 0 Å². The molecule has 4 aromatic rings. The molecule has 2 aliphatic rings. The standard InChI is InChI=1S/C26H21N7O4S/c1-2-19(34)32-11-9-15(14-32)30-23(35)22-21-20-18(8-10-27-24(20)38-22)33(26(36)31-21)25-28-12-17(13-29-25)37-16-6-4-3-5-7-16/h2-8,10,12-13,15H,1,9,11,14H2,(H,30,35)(H,31,36). The van der Waals surface area contributed by atoms with E-state index in [1.54, 1.807) is 17.2 Å². The number of nitrogens with one attached hydrogen (secondary N) is 2. The molecule has 1 unspecified atom stereocenters. The largest absolute Gasteiger partial charge is 0.454 e. The Morgan fingerprint density at radius 2 is 1.92 bits per heavy atom. The predicted molar refractivity (Wildman–Crippen MR) is 142 cm³/mol. The monoisotopic (exact) mass is 527 g/mol. The van der Waals surface area contributed by atoms with Crippen molar-refractivity contribution in [1.82, 2.24) is 25.2 Å². The number of para-hydroxylation sites is 1. The van der Waals surface area contributed by atoms with Crippen molar-refractivity contribution in [2.45, 2.75) is 12.5 Å². The first-order valence-electron chi connectivity index (χ1n) is 11.8. The van der Waals surface area contributed by atoms with Gasteiger partial charge in [0.25, 0.3) is 5.91 Å². The van der Waals surface area contributed by atoms with Crippen LogP contribution < -0.4 is 20.3 Å². The van der Waals surface area contributed by atoms with E-state index >= 15 is 0 Å². The van der Waals surface area contributed by atoms with Crippen LogP contribution in [0.25, 0.3) is 10.2 Å². The number of thiophene rings is 1. The Morgan fingerprint density at radius 3 is 2.68 bits per heavy atom. The lowest BCUT2D eigenvalue weighted by Gasteiger charge is -2.26. The number of rotatable bonds is 6. The number of ether oxygens (including phenoxy) is 1. The molecule has 1 saturated heterocycles. The van der Waals surface area contributed by atoms with Crippen LogP contribution in [0.15, 0.2) is 67.6 Å². The second-order valence-electron chi connectivity index (χ2n) is 8.66. The molecule has 0 bridgehead atoms. The Morgan fingerprint density at radius 1 is 1.13 bits per heavy atom. The SMILES string of the molecule is C=CC(=O)N1CCC(NC(=O)c2sc3nccc4c3c2NC(=O)N4c2ncc(Oc3ccccc3)cn2)C1. The van der Waals surface area contributed by atoms with E-state index < -0.39 is 6.03 Å². The topological polar surface area (TPSA) is 130 Å². The fourth-order valence-electron chi connectivity index (χ4n) is 4.50. The van der Waals surface area contributed by atoms with Gasteiger partial charge in [-0.3, -0.25) is 9.59 Å². The number of hydrogen-bond donors (Lipinski definition) is 2. The number of urea groups is 1. The van der Waals surface area contributed by atoms with Gasteiger partial charge in [-0.15, -0.1) is 11.3 Å². The molecule has 1 aromatic carbocycles. The zero-order valence-corrected chi connectivity index (χ0v) is 20.8. The summed E-state index contributed by atoms with van der Waals surface area (Å²) in [5, 5.41) is 6.43. The molecule has 0 saturated carbocycles. The summed E-state index contributed by atoms with van der Waals surface area (Å²) in [7, 11) is 0. The molecule has 6 rings (SSSR count). The number of amides is 4. The predicted octanol–water partition coefficient (Wildman–Crippen LogP) is 4.08. The van der Waals surface area contributed by atoms with Gasteiger partial charge >= 0.3 is 6.03 Å². The molecular weight excluding hydrogens is 506 g/mol. The number of anilines is 3. The zero-order chi connectivity index (χ0) is 26.2. The van der Waals surface area contributed by atoms with Crippen molar-refractivity contribution in [3.8, 4) is 11.5 Å². The third kappa shape index (κ3) is 4.20. The minimum atomic E-state index is -0.502. The summed E-state index contributed by atoms with van der Waals surface area (Å²) in [6, 6.07) is 10.2. The number of nitrogens with zero attached hydrogens (tertiary/aromatic N) is 5. The summed E-state index contributed by atoms with van der Waals surface area (Å²) < 4.78 is 5.75. The lowest BCUT2D eigenvalue weighted by molar-refractivity contribution is -0.125. The van der Waals surface area contributed by atoms with E-state index in [4.69, 9.17) is 4.74 Å². The summed E-state index contributed by atoms with van der Waals surface area (Å²) in [4.78, 5) is 55.4. The molecule has 2 aliphatic heterocycles. The molecule has 0 radical (unpaired) electrons. The van der Waals surface area contributed by atoms with Gasteiger partial charge in [0.2, 0.25) is 11.9 Å². The number of hydrogen-bond acceptors (Lipinski definition) is 8. The van der Waals surface area contributed by atoms with Gasteiger partial charge in [0.1, 0.15) is 15.5 Å². The summed E-state index contributed by atoms with van der Waals surface area (Å²) in [6.07, 6.45) is 6.46. The van der Waals surface area contributed by atoms with Gasteiger partial charge in [-0.1, -0.05) is 24.8 Å². The van der Waals surface area contributed by atoms with Gasteiger partial charge in [-0.05, 0) is 30.7 Å². The second-order valence-corrected chi connectivity index (χ2v) is 9.66. The molecule has 4 amide bonds. The van der Waals surface area contributed by atoms with Crippen LogP contribution in [0.5, 0.6) is 11.5 Å². The van der Waals surface area contributed by atoms with Crippen LogP contribution in [0.2, 0.25) is 0 Å². The molecule has 5 heterocycles. The first-order chi connectivity index (χ1) is 18.5. The van der Waals surface area contributed by atoms with Crippen LogP contribution in [0.4, 0.5) is 22.1 Å². The summed E-state index contributed by atoms with van der Waals surface area (Å²) in [5.41, 5.74) is 0.914. The quantitative estimate of drug-likeness (QED) is 0.362. The fourth-order valence-corrected chi connectivity index (χ4v) is 5.53. The van der Waals surface area contributed by atoms with Crippen molar-refractivity contribution in [2.24, 2.45) is 0 Å². The molecule has 3 aromatic heterocycles. The molecule has 1 fully saturated rings. The highest BCUT2D eigenvalue weighted by Gasteiger charge is 2.35. The average Bonchev–Trinajstić information content (AvgIpc) is 3.55. The van der Waals surface area contributed by atoms with Crippen LogP contribution in [0.3, 0.4) is 0 Å². The Kier molecular flexibility index (Phi) is 5.92. The Labute approximate surface area is 220 Å². The zero-order valence-electron chi connectivity index (χ0n) is 20.0. The summed E-state index contributed by atoms with van der Waals surface area (Å²) >= 11 is 1.19. The number of benzene rings is 1. The number of pyridine rings is 1. The highest BCUT2D eigenvalue weighted by atomic mass is 32.1. The highest BCUT2D eigenvalue weighted by molar-refractivity contribution is 7.21. The molecule has 0 aliphatic carbocycles. The minimum absolute atomic E-state index is 0.149. The van der Waals surface area contributed by atoms with Crippen LogP contribution in [-0.4, -0.2) is 56.8 Å². The van der Waals surface area contributed by atoms with E-state index in [0.29, 0.717) is 57.5 Å². The van der Waals surface area contributed by atoms with Gasteiger partial charge in [-0.2, -0.15) is 0 Å². The van der Waals surface area contributed by atoms with E-state index in [9.17, 15) is 14.4 Å². The molecule has 2 N–H and O–H groups in total. The minimum Gasteiger partial charge on any atom is -0.454 e. The second kappa shape index (κ2) is 9.56. The Bertz CT molecular complexity index is 1570. The lowest BCUT2D eigenvalue weighted by Crippen LogP contribution is -2.39. The van der Waals surface area contributed by atoms with Crippen LogP contribution in [-0.2, 0) is 4.79 Å². The smallest absolute Gasteiger partial charge is 0.333 e. The van der Waals surface area contributed by atoms with Gasteiger partial charge in [0, 0.05) is 25.3 Å². The number of carbonyl (C=O) groups excluding carboxylic acids is 3. The van der Waals surface area contributed by atoms with Crippen molar-refractivity contribution in [3.63, 3.8) is 0 Å². The van der Waals surface area contributed by atoms with E-state index in [2.05, 4.69) is 32.2 Å². The highest BCUT2D eigenvalue weighted by Crippen LogP contribution is 2.45. The third-order valence-electron chi connectivity index (χ3n) is 6.26. The molecule has 190 valence electrons. The van der Waals surface area contributed by atoms with Crippen LogP contribution in [0, 0.1) is 0 Å². The first kappa shape index (κ1) is 23.6. The number of likely N-dealkylation sites (tertiary alicyclic amines) is 1. The lowest BCUT2D eigenvalue weighted by atomic mass is 10.1. The first-order valence-corrected chi connectivity index (χ1v) is 12.6. The van der Waals surface area contributed by atoms with E-state index in [1.807, 2.05) is 30.3 Å². The summed E-state index contributed by atoms with van der Waals surface area (Å²) in [6.45, 7) is 4.46. The van der Waals surface area contributed by atoms with Crippen molar-refractivity contribution < 1.29 is 19.1 Å². The number of carbonyl (C=O) groups is 3. The normalized spacial score (nSPS) is 16.3. The van der Waals surface area contributed by atoms with Gasteiger partial charge in [0.05, 0.1) is 29.2 Å². The van der Waals surface area contributed by atoms with E-state index in [-0.39, 0.29) is 23.8 Å². The molecular formula is C26H21N7O4S. The van der Waals surface area contributed by atoms with E-state index in [0.717, 1.165) is 0 Å². The maximum atomic E-state index is 13.2. The van der Waals surface area contributed by atoms with Crippen LogP contribution in [0.1, 0.15) is 16.1 Å². The third-order valence-corrected chi connectivity index (χ3v) is 7.35. The van der Waals surface area contributed by atoms with Gasteiger partial charge in [0.15, 0.2) is 5.75 Å². The molecule has 0 spiro atoms. The van der Waals surface area contributed by atoms with Crippen molar-refractivity contribution in [2.75, 3.05) is 23.3 Å². The average molecular weight is 528 g/mol. The van der Waals surface area contributed by atoms with Crippen molar-refractivity contribution in [3.05, 3.63) is 72.5 Å². The van der Waals surface area contributed by atoms with Gasteiger partial charge < -0.3 is 20.3 Å². The van der Waals surface area contributed by atoms with Gasteiger partial charge in [-0.25, -0.2) is 24.6 Å². The molecule has 1 atom stereocenters. The molecule has 38 heavy (non-hydrogen) atoms. The molecule has 11 nitrogen and oxygen atoms in total. The summed E-state index contributed by atoms with van der Waals surface area (Å²) in [5.74, 6) is 0.715. The Balaban J connectivity index is 1.27. The van der Waals surface area contributed by atoms with Crippen molar-refractivity contribution >= 4 is 56.7 Å². The Hall–Kier alpha value is -4.84. The maximum absolute atomic E-state index is 13.2. The van der Waals surface area contributed by atoms with E-state index in [1.165, 1.54) is 34.7 Å². The number of aromatic nitrogens is 3. The fraction of sp³-hybridized carbons (Fsp3) is 0.154. The molecule has 12 heteroatoms.